The molecule has 13 heavy (non-hydrogen) atoms. The molecule has 0 aromatic heterocycles. The van der Waals surface area contributed by atoms with Gasteiger partial charge >= 0.3 is 0 Å². The van der Waals surface area contributed by atoms with Crippen LogP contribution in [0.3, 0.4) is 0 Å². The van der Waals surface area contributed by atoms with Crippen LogP contribution in [-0.4, -0.2) is 25.8 Å². The van der Waals surface area contributed by atoms with Gasteiger partial charge in [0.05, 0.1) is 13.2 Å². The highest BCUT2D eigenvalue weighted by Crippen LogP contribution is 1.97. The average Bonchev–Trinajstić information content (AvgIpc) is 2.09. The van der Waals surface area contributed by atoms with Gasteiger partial charge in [0.1, 0.15) is 0 Å². The number of unbranched alkanes of at least 4 members (excludes halogenated alkanes) is 2. The predicted octanol–water partition coefficient (Wildman–Crippen LogP) is 2.09. The van der Waals surface area contributed by atoms with E-state index in [2.05, 4.69) is 11.6 Å². The van der Waals surface area contributed by atoms with Crippen LogP contribution in [0.1, 0.15) is 26.2 Å². The Morgan fingerprint density at radius 2 is 2.23 bits per heavy atom. The quantitative estimate of drug-likeness (QED) is 0.250. The average molecular weight is 183 g/mol. The fourth-order valence-electron chi connectivity index (χ4n) is 0.864. The van der Waals surface area contributed by atoms with Crippen molar-refractivity contribution in [2.24, 2.45) is 4.99 Å². The van der Waals surface area contributed by atoms with Crippen molar-refractivity contribution in [2.75, 3.05) is 19.8 Å². The second-order valence-electron chi connectivity index (χ2n) is 3.04. The molecule has 0 aliphatic carbocycles. The Balaban J connectivity index is 2.99. The van der Waals surface area contributed by atoms with Crippen LogP contribution in [0.5, 0.6) is 0 Å². The van der Waals surface area contributed by atoms with Gasteiger partial charge in [-0.1, -0.05) is 12.2 Å². The van der Waals surface area contributed by atoms with Crippen molar-refractivity contribution in [2.45, 2.75) is 26.2 Å². The molecule has 0 aliphatic rings. The molecule has 0 aromatic rings. The van der Waals surface area contributed by atoms with Crippen LogP contribution in [0.25, 0.3) is 0 Å². The minimum absolute atomic E-state index is 0.587. The third kappa shape index (κ3) is 11.1. The zero-order chi connectivity index (χ0) is 9.94. The molecule has 0 saturated carbocycles. The van der Waals surface area contributed by atoms with Gasteiger partial charge in [0.2, 0.25) is 6.08 Å². The monoisotopic (exact) mass is 183 g/mol. The minimum atomic E-state index is 0.587. The van der Waals surface area contributed by atoms with Gasteiger partial charge < -0.3 is 4.74 Å². The first-order valence-corrected chi connectivity index (χ1v) is 4.53. The number of aliphatic imine (C=N–C) groups is 1. The van der Waals surface area contributed by atoms with E-state index in [1.807, 2.05) is 6.92 Å². The largest absolute Gasteiger partial charge is 0.377 e. The molecule has 0 bridgehead atoms. The number of rotatable bonds is 8. The summed E-state index contributed by atoms with van der Waals surface area (Å²) in [6.45, 7) is 7.67. The first-order chi connectivity index (χ1) is 6.27. The molecule has 0 aliphatic heterocycles. The van der Waals surface area contributed by atoms with E-state index in [0.29, 0.717) is 13.2 Å². The fourth-order valence-corrected chi connectivity index (χ4v) is 0.864. The van der Waals surface area contributed by atoms with Gasteiger partial charge in [0.15, 0.2) is 0 Å². The van der Waals surface area contributed by atoms with E-state index >= 15 is 0 Å². The molecule has 0 N–H and O–H groups in total. The Morgan fingerprint density at radius 3 is 2.85 bits per heavy atom. The summed E-state index contributed by atoms with van der Waals surface area (Å²) in [5.41, 5.74) is 1.05. The van der Waals surface area contributed by atoms with Crippen molar-refractivity contribution in [3.63, 3.8) is 0 Å². The van der Waals surface area contributed by atoms with Crippen LogP contribution in [-0.2, 0) is 9.53 Å². The van der Waals surface area contributed by atoms with Gasteiger partial charge in [-0.3, -0.25) is 0 Å². The molecule has 3 nitrogen and oxygen atoms in total. The highest BCUT2D eigenvalue weighted by atomic mass is 16.5. The summed E-state index contributed by atoms with van der Waals surface area (Å²) in [7, 11) is 0. The van der Waals surface area contributed by atoms with Crippen LogP contribution in [0, 0.1) is 0 Å². The molecule has 0 fully saturated rings. The van der Waals surface area contributed by atoms with Gasteiger partial charge in [-0.05, 0) is 26.2 Å². The Hall–Kier alpha value is -0.920. The van der Waals surface area contributed by atoms with Gasteiger partial charge in [0.25, 0.3) is 0 Å². The van der Waals surface area contributed by atoms with E-state index < -0.39 is 0 Å². The maximum absolute atomic E-state index is 9.69. The summed E-state index contributed by atoms with van der Waals surface area (Å²) >= 11 is 0. The van der Waals surface area contributed by atoms with Crippen molar-refractivity contribution >= 4 is 6.08 Å². The molecule has 0 saturated heterocycles. The summed E-state index contributed by atoms with van der Waals surface area (Å²) in [5.74, 6) is 0. The standard InChI is InChI=1S/C10H17NO2/c1-10(2)8-13-7-5-3-4-6-11-9-12/h1,3-8H2,2H3. The SMILES string of the molecule is C=C(C)COCCCCCN=C=O. The number of isocyanates is 1. The molecule has 0 heterocycles. The Kier molecular flexibility index (Phi) is 8.52. The van der Waals surface area contributed by atoms with Crippen LogP contribution in [0.15, 0.2) is 17.1 Å². The lowest BCUT2D eigenvalue weighted by Crippen LogP contribution is -1.97. The third-order valence-electron chi connectivity index (χ3n) is 1.47. The fraction of sp³-hybridized carbons (Fsp3) is 0.700. The molecule has 3 heteroatoms. The zero-order valence-corrected chi connectivity index (χ0v) is 8.21. The predicted molar refractivity (Wildman–Crippen MR) is 52.5 cm³/mol. The van der Waals surface area contributed by atoms with Crippen LogP contribution in [0.4, 0.5) is 0 Å². The van der Waals surface area contributed by atoms with Crippen molar-refractivity contribution < 1.29 is 9.53 Å². The number of ether oxygens (including phenoxy) is 1. The number of carbonyl (C=O) groups excluding carboxylic acids is 1. The number of hydrogen-bond donors (Lipinski definition) is 0. The summed E-state index contributed by atoms with van der Waals surface area (Å²) in [6, 6.07) is 0. The molecule has 0 spiro atoms. The Morgan fingerprint density at radius 1 is 1.46 bits per heavy atom. The van der Waals surface area contributed by atoms with Crippen molar-refractivity contribution in [1.82, 2.24) is 0 Å². The van der Waals surface area contributed by atoms with Crippen LogP contribution in [0.2, 0.25) is 0 Å². The molecule has 0 atom stereocenters. The number of nitrogens with zero attached hydrogens (tertiary/aromatic N) is 1. The lowest BCUT2D eigenvalue weighted by Gasteiger charge is -2.02. The summed E-state index contributed by atoms with van der Waals surface area (Å²) in [5, 5.41) is 0. The number of hydrogen-bond acceptors (Lipinski definition) is 3. The topological polar surface area (TPSA) is 38.7 Å². The molecular weight excluding hydrogens is 166 g/mol. The maximum atomic E-state index is 9.69. The molecule has 74 valence electrons. The van der Waals surface area contributed by atoms with E-state index in [1.165, 1.54) is 6.08 Å². The lowest BCUT2D eigenvalue weighted by molar-refractivity contribution is 0.151. The van der Waals surface area contributed by atoms with Crippen LogP contribution < -0.4 is 0 Å². The molecule has 0 radical (unpaired) electrons. The molecule has 0 aromatic carbocycles. The van der Waals surface area contributed by atoms with Crippen molar-refractivity contribution in [3.05, 3.63) is 12.2 Å². The normalized spacial score (nSPS) is 9.31. The zero-order valence-electron chi connectivity index (χ0n) is 8.21. The van der Waals surface area contributed by atoms with E-state index in [4.69, 9.17) is 4.74 Å². The molecule has 0 rings (SSSR count). The van der Waals surface area contributed by atoms with Gasteiger partial charge in [-0.2, -0.15) is 0 Å². The smallest absolute Gasteiger partial charge is 0.234 e. The van der Waals surface area contributed by atoms with Crippen molar-refractivity contribution in [1.29, 1.82) is 0 Å². The molecule has 0 unspecified atom stereocenters. The minimum Gasteiger partial charge on any atom is -0.377 e. The Labute approximate surface area is 79.5 Å². The first-order valence-electron chi connectivity index (χ1n) is 4.53. The highest BCUT2D eigenvalue weighted by molar-refractivity contribution is 5.32. The summed E-state index contributed by atoms with van der Waals surface area (Å²) in [6.07, 6.45) is 4.51. The van der Waals surface area contributed by atoms with E-state index in [0.717, 1.165) is 31.4 Å². The molecule has 0 amide bonds. The van der Waals surface area contributed by atoms with Crippen LogP contribution >= 0.6 is 0 Å². The van der Waals surface area contributed by atoms with Gasteiger partial charge in [-0.15, -0.1) is 0 Å². The van der Waals surface area contributed by atoms with E-state index in [9.17, 15) is 4.79 Å². The highest BCUT2D eigenvalue weighted by Gasteiger charge is 1.90. The maximum Gasteiger partial charge on any atom is 0.234 e. The van der Waals surface area contributed by atoms with Crippen molar-refractivity contribution in [3.8, 4) is 0 Å². The van der Waals surface area contributed by atoms with Gasteiger partial charge in [0, 0.05) is 6.61 Å². The Bertz CT molecular complexity index is 177. The summed E-state index contributed by atoms with van der Waals surface area (Å²) in [4.78, 5) is 13.1. The van der Waals surface area contributed by atoms with E-state index in [1.54, 1.807) is 0 Å². The summed E-state index contributed by atoms with van der Waals surface area (Å²) < 4.78 is 5.29. The second-order valence-corrected chi connectivity index (χ2v) is 3.04. The van der Waals surface area contributed by atoms with Gasteiger partial charge in [-0.25, -0.2) is 9.79 Å². The second kappa shape index (κ2) is 9.17. The lowest BCUT2D eigenvalue weighted by atomic mass is 10.2. The molecular formula is C10H17NO2. The third-order valence-corrected chi connectivity index (χ3v) is 1.47. The van der Waals surface area contributed by atoms with E-state index in [-0.39, 0.29) is 0 Å². The first kappa shape index (κ1) is 12.1.